The zero-order valence-electron chi connectivity index (χ0n) is 11.8. The summed E-state index contributed by atoms with van der Waals surface area (Å²) >= 11 is 5.89. The maximum Gasteiger partial charge on any atom is 0.277 e. The lowest BCUT2D eigenvalue weighted by Crippen LogP contribution is -2.24. The molecule has 118 valence electrons. The SMILES string of the molecule is O=C(COc1ccccc1Cl)N/N=C/c1ccc([N+](=O)[O-])cc1. The van der Waals surface area contributed by atoms with Crippen LogP contribution in [0.15, 0.2) is 53.6 Å². The molecule has 0 heterocycles. The normalized spacial score (nSPS) is 10.5. The van der Waals surface area contributed by atoms with Crippen molar-refractivity contribution in [3.63, 3.8) is 0 Å². The van der Waals surface area contributed by atoms with Gasteiger partial charge in [-0.05, 0) is 29.8 Å². The predicted octanol–water partition coefficient (Wildman–Crippen LogP) is 2.78. The Hall–Kier alpha value is -2.93. The number of hydrogen-bond donors (Lipinski definition) is 1. The fraction of sp³-hybridized carbons (Fsp3) is 0.0667. The summed E-state index contributed by atoms with van der Waals surface area (Å²) in [6, 6.07) is 12.5. The van der Waals surface area contributed by atoms with Gasteiger partial charge in [0, 0.05) is 12.1 Å². The van der Waals surface area contributed by atoms with Crippen LogP contribution in [0.25, 0.3) is 0 Å². The van der Waals surface area contributed by atoms with Gasteiger partial charge in [0.05, 0.1) is 16.2 Å². The molecule has 0 unspecified atom stereocenters. The fourth-order valence-electron chi connectivity index (χ4n) is 1.60. The summed E-state index contributed by atoms with van der Waals surface area (Å²) in [5.41, 5.74) is 2.89. The van der Waals surface area contributed by atoms with Gasteiger partial charge in [-0.25, -0.2) is 5.43 Å². The third-order valence-corrected chi connectivity index (χ3v) is 3.01. The van der Waals surface area contributed by atoms with Crippen molar-refractivity contribution in [2.75, 3.05) is 6.61 Å². The van der Waals surface area contributed by atoms with Crippen molar-refractivity contribution in [1.82, 2.24) is 5.43 Å². The number of hydrogen-bond acceptors (Lipinski definition) is 5. The van der Waals surface area contributed by atoms with E-state index in [2.05, 4.69) is 10.5 Å². The zero-order chi connectivity index (χ0) is 16.7. The van der Waals surface area contributed by atoms with Crippen molar-refractivity contribution in [2.24, 2.45) is 5.10 Å². The molecule has 0 aromatic heterocycles. The van der Waals surface area contributed by atoms with E-state index in [1.807, 2.05) is 0 Å². The summed E-state index contributed by atoms with van der Waals surface area (Å²) in [6.07, 6.45) is 1.37. The van der Waals surface area contributed by atoms with Crippen molar-refractivity contribution in [2.45, 2.75) is 0 Å². The monoisotopic (exact) mass is 333 g/mol. The van der Waals surface area contributed by atoms with E-state index < -0.39 is 10.8 Å². The van der Waals surface area contributed by atoms with Gasteiger partial charge in [-0.1, -0.05) is 23.7 Å². The Bertz CT molecular complexity index is 732. The minimum absolute atomic E-state index is 0.0145. The Kier molecular flexibility index (Phi) is 5.65. The van der Waals surface area contributed by atoms with Crippen LogP contribution in [0.2, 0.25) is 5.02 Å². The number of para-hydroxylation sites is 1. The van der Waals surface area contributed by atoms with Crippen LogP contribution in [0.5, 0.6) is 5.75 Å². The zero-order valence-corrected chi connectivity index (χ0v) is 12.6. The third kappa shape index (κ3) is 5.08. The van der Waals surface area contributed by atoms with Crippen LogP contribution in [-0.4, -0.2) is 23.7 Å². The molecule has 23 heavy (non-hydrogen) atoms. The highest BCUT2D eigenvalue weighted by molar-refractivity contribution is 6.32. The molecule has 0 saturated heterocycles. The van der Waals surface area contributed by atoms with E-state index in [4.69, 9.17) is 16.3 Å². The molecule has 0 atom stereocenters. The predicted molar refractivity (Wildman–Crippen MR) is 85.8 cm³/mol. The van der Waals surface area contributed by atoms with Gasteiger partial charge in [0.1, 0.15) is 5.75 Å². The quantitative estimate of drug-likeness (QED) is 0.499. The number of non-ortho nitro benzene ring substituents is 1. The highest BCUT2D eigenvalue weighted by atomic mass is 35.5. The molecule has 1 N–H and O–H groups in total. The Morgan fingerprint density at radius 1 is 1.26 bits per heavy atom. The molecule has 2 aromatic carbocycles. The van der Waals surface area contributed by atoms with E-state index >= 15 is 0 Å². The Morgan fingerprint density at radius 2 is 1.96 bits per heavy atom. The van der Waals surface area contributed by atoms with Crippen molar-refractivity contribution >= 4 is 29.4 Å². The number of hydrazone groups is 1. The minimum atomic E-state index is -0.491. The first-order valence-corrected chi connectivity index (χ1v) is 6.88. The van der Waals surface area contributed by atoms with Gasteiger partial charge in [-0.3, -0.25) is 14.9 Å². The average Bonchev–Trinajstić information content (AvgIpc) is 2.54. The van der Waals surface area contributed by atoms with Crippen molar-refractivity contribution in [3.8, 4) is 5.75 Å². The summed E-state index contributed by atoms with van der Waals surface area (Å²) in [7, 11) is 0. The molecule has 0 radical (unpaired) electrons. The summed E-state index contributed by atoms with van der Waals surface area (Å²) < 4.78 is 5.25. The maximum atomic E-state index is 11.6. The van der Waals surface area contributed by atoms with Gasteiger partial charge in [-0.15, -0.1) is 0 Å². The van der Waals surface area contributed by atoms with E-state index in [0.717, 1.165) is 0 Å². The number of halogens is 1. The van der Waals surface area contributed by atoms with E-state index in [-0.39, 0.29) is 12.3 Å². The second kappa shape index (κ2) is 7.90. The molecule has 0 fully saturated rings. The van der Waals surface area contributed by atoms with Crippen LogP contribution in [0.4, 0.5) is 5.69 Å². The van der Waals surface area contributed by atoms with Gasteiger partial charge in [0.15, 0.2) is 6.61 Å². The van der Waals surface area contributed by atoms with E-state index in [9.17, 15) is 14.9 Å². The van der Waals surface area contributed by atoms with Crippen molar-refractivity contribution in [1.29, 1.82) is 0 Å². The number of carbonyl (C=O) groups is 1. The number of amides is 1. The number of nitrogens with zero attached hydrogens (tertiary/aromatic N) is 2. The van der Waals surface area contributed by atoms with Crippen LogP contribution in [0.1, 0.15) is 5.56 Å². The van der Waals surface area contributed by atoms with Crippen LogP contribution in [0, 0.1) is 10.1 Å². The lowest BCUT2D eigenvalue weighted by molar-refractivity contribution is -0.384. The number of carbonyl (C=O) groups excluding carboxylic acids is 1. The molecule has 2 aromatic rings. The highest BCUT2D eigenvalue weighted by Crippen LogP contribution is 2.22. The molecular weight excluding hydrogens is 322 g/mol. The number of ether oxygens (including phenoxy) is 1. The first-order chi connectivity index (χ1) is 11.1. The fourth-order valence-corrected chi connectivity index (χ4v) is 1.79. The molecule has 0 aliphatic rings. The van der Waals surface area contributed by atoms with E-state index in [1.165, 1.54) is 30.5 Å². The smallest absolute Gasteiger partial charge is 0.277 e. The van der Waals surface area contributed by atoms with Gasteiger partial charge < -0.3 is 4.74 Å². The van der Waals surface area contributed by atoms with E-state index in [0.29, 0.717) is 16.3 Å². The van der Waals surface area contributed by atoms with Crippen LogP contribution >= 0.6 is 11.6 Å². The lowest BCUT2D eigenvalue weighted by atomic mass is 10.2. The largest absolute Gasteiger partial charge is 0.482 e. The Morgan fingerprint density at radius 3 is 2.61 bits per heavy atom. The number of benzene rings is 2. The van der Waals surface area contributed by atoms with Gasteiger partial charge in [0.2, 0.25) is 0 Å². The third-order valence-electron chi connectivity index (χ3n) is 2.70. The number of nitro benzene ring substituents is 1. The molecule has 1 amide bonds. The molecule has 2 rings (SSSR count). The topological polar surface area (TPSA) is 93.8 Å². The number of rotatable bonds is 6. The Labute approximate surface area is 136 Å². The van der Waals surface area contributed by atoms with Gasteiger partial charge in [-0.2, -0.15) is 5.10 Å². The maximum absolute atomic E-state index is 11.6. The highest BCUT2D eigenvalue weighted by Gasteiger charge is 2.05. The summed E-state index contributed by atoms with van der Waals surface area (Å²) in [6.45, 7) is -0.235. The second-order valence-corrected chi connectivity index (χ2v) is 4.77. The first kappa shape index (κ1) is 16.4. The molecule has 8 heteroatoms. The number of nitrogens with one attached hydrogen (secondary N) is 1. The standard InChI is InChI=1S/C15H12ClN3O4/c16-13-3-1-2-4-14(13)23-10-15(20)18-17-9-11-5-7-12(8-6-11)19(21)22/h1-9H,10H2,(H,18,20)/b17-9+. The molecule has 0 aliphatic carbocycles. The first-order valence-electron chi connectivity index (χ1n) is 6.50. The van der Waals surface area contributed by atoms with Crippen molar-refractivity contribution < 1.29 is 14.5 Å². The molecule has 0 saturated carbocycles. The summed E-state index contributed by atoms with van der Waals surface area (Å²) in [5.74, 6) is -0.0493. The molecule has 0 bridgehead atoms. The molecular formula is C15H12ClN3O4. The second-order valence-electron chi connectivity index (χ2n) is 4.36. The van der Waals surface area contributed by atoms with Gasteiger partial charge in [0.25, 0.3) is 11.6 Å². The van der Waals surface area contributed by atoms with Gasteiger partial charge >= 0.3 is 0 Å². The van der Waals surface area contributed by atoms with Crippen molar-refractivity contribution in [3.05, 3.63) is 69.2 Å². The average molecular weight is 334 g/mol. The van der Waals surface area contributed by atoms with Crippen LogP contribution in [0.3, 0.4) is 0 Å². The summed E-state index contributed by atoms with van der Waals surface area (Å²) in [4.78, 5) is 21.6. The van der Waals surface area contributed by atoms with Crippen LogP contribution < -0.4 is 10.2 Å². The summed E-state index contributed by atoms with van der Waals surface area (Å²) in [5, 5.41) is 14.7. The Balaban J connectivity index is 1.82. The molecule has 7 nitrogen and oxygen atoms in total. The number of nitro groups is 1. The lowest BCUT2D eigenvalue weighted by Gasteiger charge is -2.06. The molecule has 0 aliphatic heterocycles. The molecule has 0 spiro atoms. The van der Waals surface area contributed by atoms with E-state index in [1.54, 1.807) is 24.3 Å². The minimum Gasteiger partial charge on any atom is -0.482 e. The van der Waals surface area contributed by atoms with Crippen LogP contribution in [-0.2, 0) is 4.79 Å².